The van der Waals surface area contributed by atoms with E-state index in [4.69, 9.17) is 10.0 Å². The van der Waals surface area contributed by atoms with E-state index in [1.807, 2.05) is 0 Å². The van der Waals surface area contributed by atoms with Crippen molar-refractivity contribution in [2.24, 2.45) is 0 Å². The van der Waals surface area contributed by atoms with Crippen LogP contribution in [0.3, 0.4) is 0 Å². The Morgan fingerprint density at radius 1 is 0.354 bits per heavy atom. The molecule has 0 atom stereocenters. The lowest BCUT2D eigenvalue weighted by Crippen LogP contribution is -2.69. The van der Waals surface area contributed by atoms with Gasteiger partial charge in [-0.1, -0.05) is 0 Å². The molecule has 2 N–H and O–H groups in total. The summed E-state index contributed by atoms with van der Waals surface area (Å²) in [6.07, 6.45) is -16.0. The first kappa shape index (κ1) is 43.2. The average Bonchev–Trinajstić information content (AvgIpc) is 2.85. The SMILES string of the molecule is OB(O)Oc1cc(C(F)(F)C(F)(F)C(F)(F)C(F)(F)C(F)(F)C(F)(F)F)cc(C(F)(F)C(F)(F)C(F)(F)C(F)(F)C(F)(F)C(F)(F)F)c1. The Balaban J connectivity index is 4.17. The highest BCUT2D eigenvalue weighted by atomic mass is 19.4. The third-order valence-electron chi connectivity index (χ3n) is 5.74. The summed E-state index contributed by atoms with van der Waals surface area (Å²) in [5, 5.41) is 17.1. The van der Waals surface area contributed by atoms with Crippen molar-refractivity contribution < 1.29 is 129 Å². The second kappa shape index (κ2) is 11.4. The zero-order chi connectivity index (χ0) is 39.1. The number of benzene rings is 1. The molecule has 0 bridgehead atoms. The van der Waals surface area contributed by atoms with E-state index in [-0.39, 0.29) is 0 Å². The molecule has 0 aromatic heterocycles. The number of halogens is 26. The lowest BCUT2D eigenvalue weighted by molar-refractivity contribution is -0.442. The summed E-state index contributed by atoms with van der Waals surface area (Å²) in [6.45, 7) is 0. The van der Waals surface area contributed by atoms with Crippen molar-refractivity contribution in [1.82, 2.24) is 0 Å². The van der Waals surface area contributed by atoms with Crippen LogP contribution < -0.4 is 4.65 Å². The smallest absolute Gasteiger partial charge is 0.512 e. The molecule has 0 fully saturated rings. The van der Waals surface area contributed by atoms with Crippen LogP contribution in [0.1, 0.15) is 11.1 Å². The van der Waals surface area contributed by atoms with E-state index in [1.54, 1.807) is 0 Å². The molecule has 0 saturated heterocycles. The van der Waals surface area contributed by atoms with Crippen LogP contribution in [-0.4, -0.2) is 77.1 Å². The monoisotopic (exact) mass is 774 g/mol. The highest BCUT2D eigenvalue weighted by Gasteiger charge is 2.92. The fourth-order valence-corrected chi connectivity index (χ4v) is 3.05. The predicted molar refractivity (Wildman–Crippen MR) is 96.7 cm³/mol. The molecule has 0 aliphatic heterocycles. The zero-order valence-electron chi connectivity index (χ0n) is 20.9. The summed E-state index contributed by atoms with van der Waals surface area (Å²) in [7, 11) is -3.75. The van der Waals surface area contributed by atoms with Crippen molar-refractivity contribution in [3.05, 3.63) is 29.3 Å². The van der Waals surface area contributed by atoms with E-state index < -0.39 is 114 Å². The van der Waals surface area contributed by atoms with Gasteiger partial charge < -0.3 is 14.7 Å². The summed E-state index contributed by atoms with van der Waals surface area (Å²) < 4.78 is 353. The minimum absolute atomic E-state index is 1.36. The predicted octanol–water partition coefficient (Wildman–Crippen LogP) is 8.43. The summed E-state index contributed by atoms with van der Waals surface area (Å²) in [5.74, 6) is -86.9. The Morgan fingerprint density at radius 3 is 0.792 bits per heavy atom. The highest BCUT2D eigenvalue weighted by Crippen LogP contribution is 2.64. The van der Waals surface area contributed by atoms with Gasteiger partial charge >= 0.3 is 78.9 Å². The maximum absolute atomic E-state index is 14.5. The minimum atomic E-state index is -8.75. The Morgan fingerprint density at radius 2 is 0.583 bits per heavy atom. The van der Waals surface area contributed by atoms with Crippen LogP contribution in [0, 0.1) is 0 Å². The quantitative estimate of drug-likeness (QED) is 0.166. The Hall–Kier alpha value is -2.82. The number of alkyl halides is 26. The second-order valence-electron chi connectivity index (χ2n) is 8.93. The van der Waals surface area contributed by atoms with Gasteiger partial charge in [0.15, 0.2) is 0 Å². The molecule has 0 spiro atoms. The van der Waals surface area contributed by atoms with Gasteiger partial charge in [0.2, 0.25) is 0 Å². The summed E-state index contributed by atoms with van der Waals surface area (Å²) in [6, 6.07) is -4.75. The largest absolute Gasteiger partial charge is 0.707 e. The fourth-order valence-electron chi connectivity index (χ4n) is 3.05. The van der Waals surface area contributed by atoms with E-state index in [9.17, 15) is 114 Å². The first-order valence-corrected chi connectivity index (χ1v) is 10.6. The first-order valence-electron chi connectivity index (χ1n) is 10.6. The molecule has 0 radical (unpaired) electrons. The lowest BCUT2D eigenvalue weighted by Gasteiger charge is -2.40. The third kappa shape index (κ3) is 5.79. The lowest BCUT2D eigenvalue weighted by atomic mass is 9.87. The van der Waals surface area contributed by atoms with Crippen LogP contribution in [-0.2, 0) is 11.8 Å². The van der Waals surface area contributed by atoms with Gasteiger partial charge in [-0.3, -0.25) is 0 Å². The van der Waals surface area contributed by atoms with Crippen molar-refractivity contribution >= 4 is 7.32 Å². The molecule has 0 heterocycles. The van der Waals surface area contributed by atoms with Crippen molar-refractivity contribution in [3.63, 3.8) is 0 Å². The molecule has 0 aliphatic rings. The van der Waals surface area contributed by atoms with E-state index in [0.29, 0.717) is 0 Å². The van der Waals surface area contributed by atoms with Gasteiger partial charge in [-0.15, -0.1) is 0 Å². The highest BCUT2D eigenvalue weighted by molar-refractivity contribution is 6.33. The number of hydrogen-bond donors (Lipinski definition) is 2. The molecule has 3 nitrogen and oxygen atoms in total. The molecule has 1 rings (SSSR count). The summed E-state index contributed by atoms with van der Waals surface area (Å²) in [5.41, 5.74) is -7.70. The second-order valence-corrected chi connectivity index (χ2v) is 8.93. The maximum Gasteiger partial charge on any atom is 0.707 e. The van der Waals surface area contributed by atoms with Gasteiger partial charge in [0.05, 0.1) is 0 Å². The van der Waals surface area contributed by atoms with Gasteiger partial charge in [0, 0.05) is 11.1 Å². The van der Waals surface area contributed by atoms with Crippen molar-refractivity contribution in [3.8, 4) is 5.75 Å². The summed E-state index contributed by atoms with van der Waals surface area (Å²) in [4.78, 5) is 0. The van der Waals surface area contributed by atoms with Crippen LogP contribution in [0.15, 0.2) is 18.2 Å². The molecule has 1 aromatic rings. The van der Waals surface area contributed by atoms with E-state index in [1.165, 1.54) is 0 Å². The number of rotatable bonds is 12. The normalized spacial score (nSPS) is 15.9. The van der Waals surface area contributed by atoms with Gasteiger partial charge in [-0.05, 0) is 18.2 Å². The van der Waals surface area contributed by atoms with Crippen LogP contribution in [0.4, 0.5) is 114 Å². The maximum atomic E-state index is 14.5. The van der Waals surface area contributed by atoms with E-state index in [0.717, 1.165) is 0 Å². The van der Waals surface area contributed by atoms with Gasteiger partial charge in [0.25, 0.3) is 0 Å². The molecule has 0 aliphatic carbocycles. The average molecular weight is 774 g/mol. The molecular formula is C18H5BF26O3. The topological polar surface area (TPSA) is 49.7 Å². The molecule has 280 valence electrons. The molecular weight excluding hydrogens is 769 g/mol. The van der Waals surface area contributed by atoms with Crippen LogP contribution in [0.2, 0.25) is 0 Å². The van der Waals surface area contributed by atoms with Gasteiger partial charge in [-0.25, -0.2) is 0 Å². The third-order valence-corrected chi connectivity index (χ3v) is 5.74. The van der Waals surface area contributed by atoms with Crippen molar-refractivity contribution in [1.29, 1.82) is 0 Å². The Bertz CT molecular complexity index is 1240. The Kier molecular flexibility index (Phi) is 10.2. The fraction of sp³-hybridized carbons (Fsp3) is 0.667. The number of hydrogen-bond acceptors (Lipinski definition) is 3. The first-order chi connectivity index (χ1) is 20.5. The molecule has 0 amide bonds. The van der Waals surface area contributed by atoms with E-state index in [2.05, 4.69) is 4.65 Å². The van der Waals surface area contributed by atoms with Crippen LogP contribution >= 0.6 is 0 Å². The molecule has 30 heteroatoms. The minimum Gasteiger partial charge on any atom is -0.512 e. The van der Waals surface area contributed by atoms with Crippen LogP contribution in [0.25, 0.3) is 0 Å². The molecule has 0 saturated carbocycles. The molecule has 1 aromatic carbocycles. The molecule has 48 heavy (non-hydrogen) atoms. The van der Waals surface area contributed by atoms with Crippen LogP contribution in [0.5, 0.6) is 5.75 Å². The van der Waals surface area contributed by atoms with Gasteiger partial charge in [0.1, 0.15) is 5.75 Å². The van der Waals surface area contributed by atoms with Crippen molar-refractivity contribution in [2.75, 3.05) is 0 Å². The summed E-state index contributed by atoms with van der Waals surface area (Å²) >= 11 is 0. The standard InChI is InChI=1S/C18H5BF26O3/c20-7(21,9(24,25)11(28,29)13(32,33)15(36,37)17(40,41)42)4-1-5(3-6(2-4)48-19(46)47)8(22,23)10(26,27)12(30,31)14(34,35)16(38,39)18(43,44)45/h1-3,46-47H. The molecule has 0 unspecified atom stereocenters. The van der Waals surface area contributed by atoms with Gasteiger partial charge in [-0.2, -0.15) is 114 Å². The Labute approximate surface area is 244 Å². The van der Waals surface area contributed by atoms with Crippen molar-refractivity contribution in [2.45, 2.75) is 71.6 Å². The van der Waals surface area contributed by atoms with E-state index >= 15 is 0 Å². The zero-order valence-corrected chi connectivity index (χ0v) is 20.9.